The van der Waals surface area contributed by atoms with Gasteiger partial charge in [-0.2, -0.15) is 0 Å². The Labute approximate surface area is 166 Å². The summed E-state index contributed by atoms with van der Waals surface area (Å²) in [7, 11) is 0. The van der Waals surface area contributed by atoms with Crippen molar-refractivity contribution in [1.82, 2.24) is 10.2 Å². The summed E-state index contributed by atoms with van der Waals surface area (Å²) >= 11 is 0. The maximum absolute atomic E-state index is 12.7. The van der Waals surface area contributed by atoms with E-state index >= 15 is 0 Å². The minimum absolute atomic E-state index is 0.0490. The van der Waals surface area contributed by atoms with E-state index in [1.807, 2.05) is 30.0 Å². The van der Waals surface area contributed by atoms with E-state index in [0.717, 1.165) is 17.7 Å². The van der Waals surface area contributed by atoms with Crippen molar-refractivity contribution in [3.63, 3.8) is 0 Å². The van der Waals surface area contributed by atoms with E-state index in [4.69, 9.17) is 9.47 Å². The zero-order chi connectivity index (χ0) is 20.3. The van der Waals surface area contributed by atoms with Gasteiger partial charge in [0.05, 0.1) is 31.7 Å². The summed E-state index contributed by atoms with van der Waals surface area (Å²) in [6.07, 6.45) is 0.847. The number of benzene rings is 1. The summed E-state index contributed by atoms with van der Waals surface area (Å²) < 4.78 is 11.5. The van der Waals surface area contributed by atoms with E-state index in [9.17, 15) is 14.7 Å². The molecule has 0 bridgehead atoms. The first-order valence-electron chi connectivity index (χ1n) is 9.99. The molecule has 2 aliphatic rings. The number of nitrogens with zero attached hydrogens (tertiary/aromatic N) is 1. The molecule has 3 atom stereocenters. The molecule has 2 heterocycles. The van der Waals surface area contributed by atoms with Crippen molar-refractivity contribution in [2.75, 3.05) is 32.8 Å². The molecule has 1 aromatic rings. The lowest BCUT2D eigenvalue weighted by atomic mass is 9.95. The van der Waals surface area contributed by atoms with Crippen LogP contribution in [0.1, 0.15) is 38.8 Å². The second-order valence-electron chi connectivity index (χ2n) is 8.16. The van der Waals surface area contributed by atoms with Crippen LogP contribution >= 0.6 is 0 Å². The van der Waals surface area contributed by atoms with Crippen molar-refractivity contribution >= 4 is 11.9 Å². The van der Waals surface area contributed by atoms with Crippen LogP contribution in [0, 0.1) is 17.8 Å². The molecular formula is C21H30N2O5. The number of hydrogen-bond acceptors (Lipinski definition) is 5. The van der Waals surface area contributed by atoms with Crippen molar-refractivity contribution in [1.29, 1.82) is 0 Å². The van der Waals surface area contributed by atoms with Crippen LogP contribution in [-0.2, 0) is 9.59 Å². The first-order chi connectivity index (χ1) is 13.3. The number of nitrogens with one attached hydrogen (secondary N) is 1. The van der Waals surface area contributed by atoms with E-state index in [1.54, 1.807) is 0 Å². The summed E-state index contributed by atoms with van der Waals surface area (Å²) in [6.45, 7) is 8.56. The molecule has 1 aromatic carbocycles. The van der Waals surface area contributed by atoms with E-state index in [1.165, 1.54) is 0 Å². The summed E-state index contributed by atoms with van der Waals surface area (Å²) in [5, 5.41) is 12.4. The fourth-order valence-corrected chi connectivity index (χ4v) is 3.95. The molecule has 1 amide bonds. The van der Waals surface area contributed by atoms with Crippen molar-refractivity contribution in [2.45, 2.75) is 33.2 Å². The third-order valence-electron chi connectivity index (χ3n) is 5.49. The van der Waals surface area contributed by atoms with Gasteiger partial charge in [-0.3, -0.25) is 14.5 Å². The van der Waals surface area contributed by atoms with Gasteiger partial charge in [0.25, 0.3) is 0 Å². The lowest BCUT2D eigenvalue weighted by Gasteiger charge is -2.25. The second-order valence-corrected chi connectivity index (χ2v) is 8.16. The Kier molecular flexibility index (Phi) is 6.44. The fourth-order valence-electron chi connectivity index (χ4n) is 3.95. The number of ether oxygens (including phenoxy) is 2. The molecule has 0 saturated carbocycles. The lowest BCUT2D eigenvalue weighted by Crippen LogP contribution is -2.39. The van der Waals surface area contributed by atoms with Crippen LogP contribution in [0.25, 0.3) is 0 Å². The van der Waals surface area contributed by atoms with Crippen molar-refractivity contribution in [3.8, 4) is 11.5 Å². The highest BCUT2D eigenvalue weighted by Crippen LogP contribution is 2.34. The zero-order valence-electron chi connectivity index (χ0n) is 16.8. The predicted molar refractivity (Wildman–Crippen MR) is 105 cm³/mol. The maximum Gasteiger partial charge on any atom is 0.308 e. The van der Waals surface area contributed by atoms with Gasteiger partial charge in [-0.05, 0) is 29.5 Å². The Bertz CT molecular complexity index is 721. The lowest BCUT2D eigenvalue weighted by molar-refractivity contribution is -0.142. The summed E-state index contributed by atoms with van der Waals surface area (Å²) in [5.74, 6) is 0.404. The van der Waals surface area contributed by atoms with E-state index < -0.39 is 11.9 Å². The number of fused-ring (bicyclic) bond motifs is 1. The molecule has 1 saturated heterocycles. The Morgan fingerprint density at radius 3 is 2.57 bits per heavy atom. The average molecular weight is 390 g/mol. The third-order valence-corrected chi connectivity index (χ3v) is 5.49. The average Bonchev–Trinajstić information content (AvgIpc) is 2.85. The van der Waals surface area contributed by atoms with Crippen LogP contribution in [0.2, 0.25) is 0 Å². The maximum atomic E-state index is 12.7. The SMILES string of the molecule is CC(C)C(NC(=O)CN1C[C@@H](C)[C@H](C(=O)O)C1)c1ccc2c(c1)OCCCO2. The highest BCUT2D eigenvalue weighted by Gasteiger charge is 2.35. The minimum Gasteiger partial charge on any atom is -0.490 e. The summed E-state index contributed by atoms with van der Waals surface area (Å²) in [6, 6.07) is 5.66. The molecule has 7 heteroatoms. The highest BCUT2D eigenvalue weighted by molar-refractivity contribution is 5.79. The quantitative estimate of drug-likeness (QED) is 0.775. The number of carboxylic acids is 1. The van der Waals surface area contributed by atoms with Gasteiger partial charge in [0.15, 0.2) is 11.5 Å². The van der Waals surface area contributed by atoms with Crippen LogP contribution in [0.4, 0.5) is 0 Å². The Balaban J connectivity index is 1.66. The molecule has 0 spiro atoms. The molecule has 2 N–H and O–H groups in total. The Morgan fingerprint density at radius 2 is 1.93 bits per heavy atom. The number of carbonyl (C=O) groups excluding carboxylic acids is 1. The smallest absolute Gasteiger partial charge is 0.308 e. The molecule has 7 nitrogen and oxygen atoms in total. The number of aliphatic carboxylic acids is 1. The normalized spacial score (nSPS) is 23.3. The topological polar surface area (TPSA) is 88.1 Å². The van der Waals surface area contributed by atoms with Gasteiger partial charge in [0.1, 0.15) is 0 Å². The van der Waals surface area contributed by atoms with Crippen LogP contribution in [0.5, 0.6) is 11.5 Å². The van der Waals surface area contributed by atoms with Gasteiger partial charge < -0.3 is 19.9 Å². The molecule has 1 unspecified atom stereocenters. The number of rotatable bonds is 6. The number of carbonyl (C=O) groups is 2. The minimum atomic E-state index is -0.789. The second kappa shape index (κ2) is 8.82. The standard InChI is InChI=1S/C21H30N2O5/c1-13(2)20(15-5-6-17-18(9-15)28-8-4-7-27-17)22-19(24)12-23-10-14(3)16(11-23)21(25)26/h5-6,9,13-14,16,20H,4,7-8,10-12H2,1-3H3,(H,22,24)(H,25,26)/t14-,16-,20?/m1/s1. The Hall–Kier alpha value is -2.28. The van der Waals surface area contributed by atoms with Crippen molar-refractivity contribution in [3.05, 3.63) is 23.8 Å². The number of carboxylic acid groups (broad SMARTS) is 1. The highest BCUT2D eigenvalue weighted by atomic mass is 16.5. The van der Waals surface area contributed by atoms with Crippen LogP contribution in [0.3, 0.4) is 0 Å². The van der Waals surface area contributed by atoms with Crippen LogP contribution < -0.4 is 14.8 Å². The predicted octanol–water partition coefficient (Wildman–Crippen LogP) is 2.31. The van der Waals surface area contributed by atoms with E-state index in [0.29, 0.717) is 32.1 Å². The fraction of sp³-hybridized carbons (Fsp3) is 0.619. The monoisotopic (exact) mass is 390 g/mol. The van der Waals surface area contributed by atoms with Gasteiger partial charge in [-0.1, -0.05) is 26.8 Å². The third kappa shape index (κ3) is 4.76. The van der Waals surface area contributed by atoms with Crippen LogP contribution in [0.15, 0.2) is 18.2 Å². The number of likely N-dealkylation sites (tertiary alicyclic amines) is 1. The molecule has 0 aromatic heterocycles. The zero-order valence-corrected chi connectivity index (χ0v) is 16.8. The van der Waals surface area contributed by atoms with Crippen molar-refractivity contribution < 1.29 is 24.2 Å². The largest absolute Gasteiger partial charge is 0.490 e. The van der Waals surface area contributed by atoms with Crippen LogP contribution in [-0.4, -0.2) is 54.7 Å². The van der Waals surface area contributed by atoms with Gasteiger partial charge in [-0.25, -0.2) is 0 Å². The van der Waals surface area contributed by atoms with Gasteiger partial charge in [0, 0.05) is 19.5 Å². The molecular weight excluding hydrogens is 360 g/mol. The first kappa shape index (κ1) is 20.5. The molecule has 0 radical (unpaired) electrons. The van der Waals surface area contributed by atoms with Crippen molar-refractivity contribution in [2.24, 2.45) is 17.8 Å². The number of hydrogen-bond donors (Lipinski definition) is 2. The first-order valence-corrected chi connectivity index (χ1v) is 9.99. The Morgan fingerprint density at radius 1 is 1.21 bits per heavy atom. The number of amides is 1. The van der Waals surface area contributed by atoms with E-state index in [-0.39, 0.29) is 30.3 Å². The van der Waals surface area contributed by atoms with Gasteiger partial charge in [0.2, 0.25) is 5.91 Å². The molecule has 3 rings (SSSR count). The molecule has 0 aliphatic carbocycles. The van der Waals surface area contributed by atoms with Gasteiger partial charge in [-0.15, -0.1) is 0 Å². The summed E-state index contributed by atoms with van der Waals surface area (Å²) in [5.41, 5.74) is 0.978. The summed E-state index contributed by atoms with van der Waals surface area (Å²) in [4.78, 5) is 25.9. The molecule has 28 heavy (non-hydrogen) atoms. The molecule has 1 fully saturated rings. The van der Waals surface area contributed by atoms with Gasteiger partial charge >= 0.3 is 5.97 Å². The van der Waals surface area contributed by atoms with E-state index in [2.05, 4.69) is 19.2 Å². The molecule has 2 aliphatic heterocycles. The molecule has 154 valence electrons.